The average molecular weight is 338 g/mol. The van der Waals surface area contributed by atoms with Crippen molar-refractivity contribution in [1.29, 1.82) is 0 Å². The van der Waals surface area contributed by atoms with Crippen LogP contribution in [0.1, 0.15) is 67.8 Å². The molecule has 0 aliphatic carbocycles. The molecule has 0 heterocycles. The summed E-state index contributed by atoms with van der Waals surface area (Å²) in [5.74, 6) is -0.220. The smallest absolute Gasteiger partial charge is 0.338 e. The largest absolute Gasteiger partial charge is 0.462 e. The van der Waals surface area contributed by atoms with Gasteiger partial charge in [0.2, 0.25) is 0 Å². The molecule has 134 valence electrons. The van der Waals surface area contributed by atoms with Crippen LogP contribution in [0.5, 0.6) is 0 Å². The Morgan fingerprint density at radius 2 is 1.48 bits per heavy atom. The van der Waals surface area contributed by atoms with Crippen LogP contribution in [0.3, 0.4) is 0 Å². The van der Waals surface area contributed by atoms with Crippen molar-refractivity contribution in [3.8, 4) is 11.1 Å². The summed E-state index contributed by atoms with van der Waals surface area (Å²) >= 11 is 0. The monoisotopic (exact) mass is 338 g/mol. The van der Waals surface area contributed by atoms with Gasteiger partial charge in [0.25, 0.3) is 0 Å². The van der Waals surface area contributed by atoms with Crippen LogP contribution in [0.15, 0.2) is 48.5 Å². The first-order valence-corrected chi connectivity index (χ1v) is 9.55. The van der Waals surface area contributed by atoms with E-state index < -0.39 is 0 Å². The molecule has 0 bridgehead atoms. The molecule has 0 saturated heterocycles. The normalized spacial score (nSPS) is 10.6. The number of hydrogen-bond acceptors (Lipinski definition) is 2. The first-order chi connectivity index (χ1) is 12.2. The van der Waals surface area contributed by atoms with Gasteiger partial charge in [-0.3, -0.25) is 0 Å². The Morgan fingerprint density at radius 3 is 2.20 bits per heavy atom. The highest BCUT2D eigenvalue weighted by molar-refractivity contribution is 5.97. The van der Waals surface area contributed by atoms with Crippen molar-refractivity contribution >= 4 is 5.97 Å². The number of benzene rings is 2. The highest BCUT2D eigenvalue weighted by Gasteiger charge is 2.13. The Kier molecular flexibility index (Phi) is 8.24. The summed E-state index contributed by atoms with van der Waals surface area (Å²) in [6.07, 6.45) is 8.53. The van der Waals surface area contributed by atoms with Crippen molar-refractivity contribution in [2.75, 3.05) is 6.61 Å². The summed E-state index contributed by atoms with van der Waals surface area (Å²) in [5, 5.41) is 0. The van der Waals surface area contributed by atoms with Crippen LogP contribution in [-0.4, -0.2) is 12.6 Å². The van der Waals surface area contributed by atoms with Crippen molar-refractivity contribution in [2.45, 2.75) is 58.8 Å². The van der Waals surface area contributed by atoms with Crippen LogP contribution in [0.25, 0.3) is 11.1 Å². The number of ether oxygens (including phenoxy) is 1. The van der Waals surface area contributed by atoms with E-state index >= 15 is 0 Å². The molecular weight excluding hydrogens is 308 g/mol. The molecule has 0 aromatic heterocycles. The summed E-state index contributed by atoms with van der Waals surface area (Å²) in [7, 11) is 0. The number of esters is 1. The van der Waals surface area contributed by atoms with E-state index in [-0.39, 0.29) is 5.97 Å². The number of carbonyl (C=O) groups excluding carboxylic acids is 1. The molecule has 2 aromatic rings. The Balaban J connectivity index is 1.85. The summed E-state index contributed by atoms with van der Waals surface area (Å²) < 4.78 is 5.50. The fraction of sp³-hybridized carbons (Fsp3) is 0.435. The van der Waals surface area contributed by atoms with Gasteiger partial charge < -0.3 is 4.74 Å². The van der Waals surface area contributed by atoms with Gasteiger partial charge >= 0.3 is 5.97 Å². The second kappa shape index (κ2) is 10.7. The van der Waals surface area contributed by atoms with Crippen LogP contribution in [0.4, 0.5) is 0 Å². The fourth-order valence-corrected chi connectivity index (χ4v) is 2.95. The SMILES string of the molecule is CCCCCCCCCOC(=O)c1ccccc1-c1ccc(C)cc1. The van der Waals surface area contributed by atoms with Crippen molar-refractivity contribution in [1.82, 2.24) is 0 Å². The molecule has 0 N–H and O–H groups in total. The van der Waals surface area contributed by atoms with E-state index in [0.29, 0.717) is 12.2 Å². The highest BCUT2D eigenvalue weighted by Crippen LogP contribution is 2.24. The lowest BCUT2D eigenvalue weighted by atomic mass is 9.99. The van der Waals surface area contributed by atoms with Gasteiger partial charge in [0.05, 0.1) is 12.2 Å². The highest BCUT2D eigenvalue weighted by atomic mass is 16.5. The number of unbranched alkanes of at least 4 members (excludes halogenated alkanes) is 6. The Labute approximate surface area is 152 Å². The molecule has 0 radical (unpaired) electrons. The molecule has 0 saturated carbocycles. The Hall–Kier alpha value is -2.09. The fourth-order valence-electron chi connectivity index (χ4n) is 2.95. The maximum Gasteiger partial charge on any atom is 0.338 e. The molecule has 2 heteroatoms. The van der Waals surface area contributed by atoms with Crippen molar-refractivity contribution in [3.63, 3.8) is 0 Å². The maximum absolute atomic E-state index is 12.5. The summed E-state index contributed by atoms with van der Waals surface area (Å²) in [6.45, 7) is 4.80. The number of carbonyl (C=O) groups is 1. The lowest BCUT2D eigenvalue weighted by molar-refractivity contribution is 0.0498. The quantitative estimate of drug-likeness (QED) is 0.362. The van der Waals surface area contributed by atoms with Gasteiger partial charge in [-0.2, -0.15) is 0 Å². The zero-order valence-corrected chi connectivity index (χ0v) is 15.6. The van der Waals surface area contributed by atoms with Gasteiger partial charge in [-0.1, -0.05) is 93.5 Å². The van der Waals surface area contributed by atoms with Gasteiger partial charge in [-0.05, 0) is 30.5 Å². The second-order valence-electron chi connectivity index (χ2n) is 6.67. The van der Waals surface area contributed by atoms with Crippen molar-refractivity contribution in [2.24, 2.45) is 0 Å². The minimum absolute atomic E-state index is 0.220. The molecule has 2 aromatic carbocycles. The van der Waals surface area contributed by atoms with Crippen LogP contribution in [0.2, 0.25) is 0 Å². The summed E-state index contributed by atoms with van der Waals surface area (Å²) in [4.78, 5) is 12.5. The molecule has 0 amide bonds. The lowest BCUT2D eigenvalue weighted by Crippen LogP contribution is -2.08. The number of aryl methyl sites for hydroxylation is 1. The van der Waals surface area contributed by atoms with Crippen LogP contribution in [0, 0.1) is 6.92 Å². The van der Waals surface area contributed by atoms with E-state index in [9.17, 15) is 4.79 Å². The second-order valence-corrected chi connectivity index (χ2v) is 6.67. The van der Waals surface area contributed by atoms with Gasteiger partial charge in [-0.15, -0.1) is 0 Å². The first kappa shape index (κ1) is 19.2. The van der Waals surface area contributed by atoms with E-state index in [1.165, 1.54) is 37.7 Å². The standard InChI is InChI=1S/C23H30O2/c1-3-4-5-6-7-8-11-18-25-23(24)22-13-10-9-12-21(22)20-16-14-19(2)15-17-20/h9-10,12-17H,3-8,11,18H2,1-2H3. The van der Waals surface area contributed by atoms with Crippen LogP contribution < -0.4 is 0 Å². The molecule has 25 heavy (non-hydrogen) atoms. The van der Waals surface area contributed by atoms with E-state index in [0.717, 1.165) is 24.0 Å². The lowest BCUT2D eigenvalue weighted by Gasteiger charge is -2.10. The van der Waals surface area contributed by atoms with E-state index in [2.05, 4.69) is 38.1 Å². The Bertz CT molecular complexity index is 643. The van der Waals surface area contributed by atoms with E-state index in [4.69, 9.17) is 4.74 Å². The Morgan fingerprint density at radius 1 is 0.840 bits per heavy atom. The first-order valence-electron chi connectivity index (χ1n) is 9.55. The minimum atomic E-state index is -0.220. The van der Waals surface area contributed by atoms with Crippen LogP contribution in [-0.2, 0) is 4.74 Å². The average Bonchev–Trinajstić information content (AvgIpc) is 2.64. The van der Waals surface area contributed by atoms with Gasteiger partial charge in [-0.25, -0.2) is 4.79 Å². The summed E-state index contributed by atoms with van der Waals surface area (Å²) in [6, 6.07) is 15.9. The van der Waals surface area contributed by atoms with E-state index in [1.54, 1.807) is 0 Å². The third-order valence-corrected chi connectivity index (χ3v) is 4.49. The topological polar surface area (TPSA) is 26.3 Å². The summed E-state index contributed by atoms with van der Waals surface area (Å²) in [5.41, 5.74) is 3.85. The van der Waals surface area contributed by atoms with Gasteiger partial charge in [0.15, 0.2) is 0 Å². The molecule has 2 rings (SSSR count). The van der Waals surface area contributed by atoms with Gasteiger partial charge in [0.1, 0.15) is 0 Å². The molecule has 0 aliphatic heterocycles. The molecule has 0 unspecified atom stereocenters. The molecule has 0 aliphatic rings. The maximum atomic E-state index is 12.5. The molecular formula is C23H30O2. The molecule has 0 fully saturated rings. The third-order valence-electron chi connectivity index (χ3n) is 4.49. The molecule has 2 nitrogen and oxygen atoms in total. The third kappa shape index (κ3) is 6.38. The predicted molar refractivity (Wildman–Crippen MR) is 105 cm³/mol. The van der Waals surface area contributed by atoms with Crippen molar-refractivity contribution in [3.05, 3.63) is 59.7 Å². The van der Waals surface area contributed by atoms with Gasteiger partial charge in [0, 0.05) is 0 Å². The van der Waals surface area contributed by atoms with Crippen LogP contribution >= 0.6 is 0 Å². The minimum Gasteiger partial charge on any atom is -0.462 e. The zero-order chi connectivity index (χ0) is 17.9. The van der Waals surface area contributed by atoms with Crippen molar-refractivity contribution < 1.29 is 9.53 Å². The van der Waals surface area contributed by atoms with E-state index in [1.807, 2.05) is 24.3 Å². The predicted octanol–water partition coefficient (Wildman–Crippen LogP) is 6.57. The number of hydrogen-bond donors (Lipinski definition) is 0. The molecule has 0 atom stereocenters. The number of rotatable bonds is 10. The zero-order valence-electron chi connectivity index (χ0n) is 15.6. The molecule has 0 spiro atoms.